The van der Waals surface area contributed by atoms with E-state index in [1.54, 1.807) is 18.2 Å². The molecular weight excluding hydrogens is 274 g/mol. The third-order valence-electron chi connectivity index (χ3n) is 3.50. The molecule has 0 bridgehead atoms. The summed E-state index contributed by atoms with van der Waals surface area (Å²) < 4.78 is 33.1. The van der Waals surface area contributed by atoms with Crippen LogP contribution in [0, 0.1) is 6.92 Å². The molecule has 4 nitrogen and oxygen atoms in total. The van der Waals surface area contributed by atoms with Gasteiger partial charge >= 0.3 is 0 Å². The Balaban J connectivity index is 2.17. The lowest BCUT2D eigenvalue weighted by Gasteiger charge is -2.15. The molecule has 0 saturated heterocycles. The van der Waals surface area contributed by atoms with Gasteiger partial charge in [-0.05, 0) is 57.4 Å². The number of aryl methyl sites for hydroxylation is 1. The molecule has 1 aromatic carbocycles. The van der Waals surface area contributed by atoms with Gasteiger partial charge in [0.05, 0.1) is 11.0 Å². The average Bonchev–Trinajstić information content (AvgIpc) is 2.83. The minimum Gasteiger partial charge on any atom is -0.491 e. The maximum absolute atomic E-state index is 12.3. The molecular formula is C15H23NO3S. The Hall–Kier alpha value is -1.07. The van der Waals surface area contributed by atoms with Gasteiger partial charge in [0.1, 0.15) is 5.75 Å². The van der Waals surface area contributed by atoms with E-state index in [9.17, 15) is 8.42 Å². The van der Waals surface area contributed by atoms with Crippen LogP contribution in [-0.2, 0) is 10.0 Å². The van der Waals surface area contributed by atoms with Crippen molar-refractivity contribution in [3.05, 3.63) is 23.8 Å². The lowest BCUT2D eigenvalue weighted by Crippen LogP contribution is -2.32. The van der Waals surface area contributed by atoms with E-state index in [0.29, 0.717) is 4.90 Å². The van der Waals surface area contributed by atoms with E-state index in [4.69, 9.17) is 4.74 Å². The van der Waals surface area contributed by atoms with E-state index < -0.39 is 10.0 Å². The molecule has 20 heavy (non-hydrogen) atoms. The van der Waals surface area contributed by atoms with Gasteiger partial charge in [-0.1, -0.05) is 12.8 Å². The van der Waals surface area contributed by atoms with Crippen molar-refractivity contribution < 1.29 is 13.2 Å². The van der Waals surface area contributed by atoms with Crippen LogP contribution in [-0.4, -0.2) is 20.6 Å². The van der Waals surface area contributed by atoms with Crippen LogP contribution in [0.3, 0.4) is 0 Å². The van der Waals surface area contributed by atoms with Crippen molar-refractivity contribution in [2.45, 2.75) is 63.5 Å². The third kappa shape index (κ3) is 3.73. The van der Waals surface area contributed by atoms with Crippen molar-refractivity contribution >= 4 is 10.0 Å². The second kappa shape index (κ2) is 6.14. The Labute approximate surface area is 121 Å². The normalized spacial score (nSPS) is 16.8. The Bertz CT molecular complexity index is 560. The van der Waals surface area contributed by atoms with Crippen molar-refractivity contribution in [3.63, 3.8) is 0 Å². The molecule has 1 aliphatic rings. The van der Waals surface area contributed by atoms with Gasteiger partial charge in [0.2, 0.25) is 10.0 Å². The zero-order valence-electron chi connectivity index (χ0n) is 12.3. The number of ether oxygens (including phenoxy) is 1. The molecule has 112 valence electrons. The van der Waals surface area contributed by atoms with Crippen molar-refractivity contribution in [1.82, 2.24) is 4.72 Å². The topological polar surface area (TPSA) is 55.4 Å². The monoisotopic (exact) mass is 297 g/mol. The molecule has 0 amide bonds. The lowest BCUT2D eigenvalue weighted by molar-refractivity contribution is 0.240. The van der Waals surface area contributed by atoms with Gasteiger partial charge < -0.3 is 4.74 Å². The van der Waals surface area contributed by atoms with Crippen LogP contribution in [0.1, 0.15) is 45.1 Å². The van der Waals surface area contributed by atoms with Crippen LogP contribution in [0.15, 0.2) is 23.1 Å². The summed E-state index contributed by atoms with van der Waals surface area (Å²) in [7, 11) is -3.42. The van der Waals surface area contributed by atoms with Crippen LogP contribution >= 0.6 is 0 Å². The molecule has 1 saturated carbocycles. The molecule has 1 N–H and O–H groups in total. The average molecular weight is 297 g/mol. The fraction of sp³-hybridized carbons (Fsp3) is 0.600. The quantitative estimate of drug-likeness (QED) is 0.909. The van der Waals surface area contributed by atoms with Gasteiger partial charge in [0, 0.05) is 6.04 Å². The first-order valence-electron chi connectivity index (χ1n) is 7.18. The predicted octanol–water partition coefficient (Wildman–Crippen LogP) is 3.00. The van der Waals surface area contributed by atoms with Crippen LogP contribution in [0.5, 0.6) is 5.75 Å². The smallest absolute Gasteiger partial charge is 0.240 e. The van der Waals surface area contributed by atoms with E-state index in [-0.39, 0.29) is 12.1 Å². The van der Waals surface area contributed by atoms with Crippen molar-refractivity contribution in [3.8, 4) is 5.75 Å². The summed E-state index contributed by atoms with van der Waals surface area (Å²) >= 11 is 0. The molecule has 0 aliphatic heterocycles. The van der Waals surface area contributed by atoms with Crippen LogP contribution in [0.4, 0.5) is 0 Å². The zero-order valence-corrected chi connectivity index (χ0v) is 13.2. The van der Waals surface area contributed by atoms with E-state index in [0.717, 1.165) is 37.0 Å². The number of hydrogen-bond donors (Lipinski definition) is 1. The number of benzene rings is 1. The summed E-state index contributed by atoms with van der Waals surface area (Å²) in [5, 5.41) is 0. The summed E-state index contributed by atoms with van der Waals surface area (Å²) in [5.74, 6) is 0.736. The molecule has 0 atom stereocenters. The maximum Gasteiger partial charge on any atom is 0.240 e. The third-order valence-corrected chi connectivity index (χ3v) is 5.01. The summed E-state index contributed by atoms with van der Waals surface area (Å²) in [4.78, 5) is 0.318. The second-order valence-electron chi connectivity index (χ2n) is 5.70. The fourth-order valence-corrected chi connectivity index (χ4v) is 3.90. The summed E-state index contributed by atoms with van der Waals surface area (Å²) in [6.07, 6.45) is 4.16. The van der Waals surface area contributed by atoms with Gasteiger partial charge in [-0.15, -0.1) is 0 Å². The summed E-state index contributed by atoms with van der Waals surface area (Å²) in [6.45, 7) is 5.77. The number of sulfonamides is 1. The molecule has 0 spiro atoms. The highest BCUT2D eigenvalue weighted by Crippen LogP contribution is 2.24. The first kappa shape index (κ1) is 15.3. The van der Waals surface area contributed by atoms with Gasteiger partial charge in [0.25, 0.3) is 0 Å². The zero-order chi connectivity index (χ0) is 14.8. The first-order chi connectivity index (χ1) is 9.38. The van der Waals surface area contributed by atoms with E-state index in [1.165, 1.54) is 0 Å². The van der Waals surface area contributed by atoms with Gasteiger partial charge in [-0.25, -0.2) is 13.1 Å². The molecule has 1 aliphatic carbocycles. The van der Waals surface area contributed by atoms with Crippen LogP contribution < -0.4 is 9.46 Å². The number of hydrogen-bond acceptors (Lipinski definition) is 3. The Morgan fingerprint density at radius 2 is 1.90 bits per heavy atom. The highest BCUT2D eigenvalue weighted by Gasteiger charge is 2.23. The van der Waals surface area contributed by atoms with Gasteiger partial charge in [-0.2, -0.15) is 0 Å². The minimum atomic E-state index is -3.42. The van der Waals surface area contributed by atoms with Crippen LogP contribution in [0.2, 0.25) is 0 Å². The lowest BCUT2D eigenvalue weighted by atomic mass is 10.2. The molecule has 0 unspecified atom stereocenters. The second-order valence-corrected chi connectivity index (χ2v) is 7.41. The molecule has 0 heterocycles. The number of nitrogens with one attached hydrogen (secondary N) is 1. The molecule has 1 fully saturated rings. The largest absolute Gasteiger partial charge is 0.491 e. The predicted molar refractivity (Wildman–Crippen MR) is 79.5 cm³/mol. The molecule has 1 aromatic rings. The van der Waals surface area contributed by atoms with E-state index >= 15 is 0 Å². The van der Waals surface area contributed by atoms with Crippen molar-refractivity contribution in [1.29, 1.82) is 0 Å². The highest BCUT2D eigenvalue weighted by molar-refractivity contribution is 7.89. The molecule has 5 heteroatoms. The summed E-state index contributed by atoms with van der Waals surface area (Å²) in [6, 6.07) is 5.11. The standard InChI is InChI=1S/C15H23NO3S/c1-11(2)19-15-9-8-14(10-12(15)3)20(17,18)16-13-6-4-5-7-13/h8-11,13,16H,4-7H2,1-3H3. The van der Waals surface area contributed by atoms with Crippen LogP contribution in [0.25, 0.3) is 0 Å². The molecule has 0 radical (unpaired) electrons. The van der Waals surface area contributed by atoms with Gasteiger partial charge in [-0.3, -0.25) is 0 Å². The Morgan fingerprint density at radius 3 is 2.45 bits per heavy atom. The maximum atomic E-state index is 12.3. The summed E-state index contributed by atoms with van der Waals surface area (Å²) in [5.41, 5.74) is 0.841. The van der Waals surface area contributed by atoms with Gasteiger partial charge in [0.15, 0.2) is 0 Å². The van der Waals surface area contributed by atoms with E-state index in [2.05, 4.69) is 4.72 Å². The Kier molecular flexibility index (Phi) is 4.70. The van der Waals surface area contributed by atoms with Crippen molar-refractivity contribution in [2.75, 3.05) is 0 Å². The Morgan fingerprint density at radius 1 is 1.25 bits per heavy atom. The highest BCUT2D eigenvalue weighted by atomic mass is 32.2. The molecule has 2 rings (SSSR count). The van der Waals surface area contributed by atoms with E-state index in [1.807, 2.05) is 20.8 Å². The van der Waals surface area contributed by atoms with Crippen molar-refractivity contribution in [2.24, 2.45) is 0 Å². The SMILES string of the molecule is Cc1cc(S(=O)(=O)NC2CCCC2)ccc1OC(C)C. The first-order valence-corrected chi connectivity index (χ1v) is 8.66. The fourth-order valence-electron chi connectivity index (χ4n) is 2.51. The number of rotatable bonds is 5. The molecule has 0 aromatic heterocycles. The minimum absolute atomic E-state index is 0.0766.